The summed E-state index contributed by atoms with van der Waals surface area (Å²) in [4.78, 5) is 5.71. The molecular weight excluding hydrogens is 357 g/mol. The van der Waals surface area contributed by atoms with Gasteiger partial charge in [-0.1, -0.05) is 0 Å². The number of nitrogens with two attached hydrogens (primary N) is 1. The molecule has 17 heavy (non-hydrogen) atoms. The number of aromatic nitrogens is 1. The average molecular weight is 365 g/mol. The van der Waals surface area contributed by atoms with E-state index in [9.17, 15) is 13.5 Å². The zero-order valence-electron chi connectivity index (χ0n) is 8.38. The van der Waals surface area contributed by atoms with Crippen LogP contribution in [0.15, 0.2) is 29.3 Å². The highest BCUT2D eigenvalue weighted by atomic mass is 127. The predicted octanol–water partition coefficient (Wildman–Crippen LogP) is 0.697. The second kappa shape index (κ2) is 4.37. The highest BCUT2D eigenvalue weighted by Gasteiger charge is 2.19. The van der Waals surface area contributed by atoms with Gasteiger partial charge in [0.05, 0.1) is 8.47 Å². The Morgan fingerprint density at radius 3 is 2.82 bits per heavy atom. The lowest BCUT2D eigenvalue weighted by Crippen LogP contribution is -2.30. The van der Waals surface area contributed by atoms with Gasteiger partial charge < -0.3 is 5.11 Å². The Bertz CT molecular complexity index is 687. The maximum absolute atomic E-state index is 11.7. The number of hydrogen-bond acceptors (Lipinski definition) is 5. The maximum atomic E-state index is 11.7. The van der Waals surface area contributed by atoms with Crippen LogP contribution in [0.4, 0.5) is 0 Å². The summed E-state index contributed by atoms with van der Waals surface area (Å²) in [5.74, 6) is 4.95. The molecule has 0 aliphatic heterocycles. The standard InChI is InChI=1S/C9H8IN3O3S/c10-6-4-7(17(15,16)13-11)5-2-1-3-12-8(5)9(6)14/h1-4,13-14H,11H2. The molecule has 0 unspecified atom stereocenters. The number of benzene rings is 1. The van der Waals surface area contributed by atoms with E-state index in [2.05, 4.69) is 4.98 Å². The number of nitrogens with one attached hydrogen (secondary N) is 1. The number of pyridine rings is 1. The minimum Gasteiger partial charge on any atom is -0.505 e. The molecule has 6 nitrogen and oxygen atoms in total. The number of halogens is 1. The molecular formula is C9H8IN3O3S. The Morgan fingerprint density at radius 1 is 1.47 bits per heavy atom. The van der Waals surface area contributed by atoms with Crippen LogP contribution < -0.4 is 10.7 Å². The number of phenols is 1. The van der Waals surface area contributed by atoms with E-state index in [1.54, 1.807) is 17.0 Å². The van der Waals surface area contributed by atoms with Crippen molar-refractivity contribution in [3.8, 4) is 5.75 Å². The van der Waals surface area contributed by atoms with Gasteiger partial charge in [0.15, 0.2) is 5.75 Å². The molecule has 2 rings (SSSR count). The van der Waals surface area contributed by atoms with E-state index in [0.717, 1.165) is 0 Å². The first kappa shape index (κ1) is 12.5. The van der Waals surface area contributed by atoms with Gasteiger partial charge in [-0.05, 0) is 40.8 Å². The Kier molecular flexibility index (Phi) is 3.21. The molecule has 0 saturated carbocycles. The second-order valence-electron chi connectivity index (χ2n) is 3.23. The summed E-state index contributed by atoms with van der Waals surface area (Å²) in [5.41, 5.74) is 0.230. The highest BCUT2D eigenvalue weighted by molar-refractivity contribution is 14.1. The minimum atomic E-state index is -3.79. The van der Waals surface area contributed by atoms with Crippen molar-refractivity contribution in [2.45, 2.75) is 4.90 Å². The summed E-state index contributed by atoms with van der Waals surface area (Å²) in [6, 6.07) is 4.49. The topological polar surface area (TPSA) is 105 Å². The molecule has 0 fully saturated rings. The van der Waals surface area contributed by atoms with E-state index in [0.29, 0.717) is 8.96 Å². The minimum absolute atomic E-state index is 0.00898. The number of phenolic OH excluding ortho intramolecular Hbond substituents is 1. The van der Waals surface area contributed by atoms with Crippen LogP contribution in [0.3, 0.4) is 0 Å². The number of fused-ring (bicyclic) bond motifs is 1. The number of nitrogens with zero attached hydrogens (tertiary/aromatic N) is 1. The Labute approximate surface area is 111 Å². The zero-order chi connectivity index (χ0) is 12.6. The molecule has 8 heteroatoms. The molecule has 0 amide bonds. The summed E-state index contributed by atoms with van der Waals surface area (Å²) in [6.07, 6.45) is 1.48. The van der Waals surface area contributed by atoms with Gasteiger partial charge in [0.1, 0.15) is 5.52 Å². The van der Waals surface area contributed by atoms with E-state index < -0.39 is 10.0 Å². The third-order valence-corrected chi connectivity index (χ3v) is 4.28. The van der Waals surface area contributed by atoms with Crippen LogP contribution in [0.1, 0.15) is 0 Å². The predicted molar refractivity (Wildman–Crippen MR) is 70.6 cm³/mol. The average Bonchev–Trinajstić information content (AvgIpc) is 2.33. The van der Waals surface area contributed by atoms with E-state index in [1.165, 1.54) is 12.3 Å². The molecule has 0 bridgehead atoms. The molecule has 4 N–H and O–H groups in total. The first-order valence-corrected chi connectivity index (χ1v) is 7.02. The molecule has 0 aliphatic carbocycles. The van der Waals surface area contributed by atoms with Crippen molar-refractivity contribution in [1.29, 1.82) is 0 Å². The van der Waals surface area contributed by atoms with Gasteiger partial charge in [0, 0.05) is 11.6 Å². The summed E-state index contributed by atoms with van der Waals surface area (Å²) in [5, 5.41) is 10.1. The number of hydrogen-bond donors (Lipinski definition) is 3. The van der Waals surface area contributed by atoms with Crippen molar-refractivity contribution in [2.75, 3.05) is 0 Å². The SMILES string of the molecule is NNS(=O)(=O)c1cc(I)c(O)c2ncccc12. The van der Waals surface area contributed by atoms with E-state index in [-0.39, 0.29) is 16.2 Å². The second-order valence-corrected chi connectivity index (χ2v) is 6.07. The monoisotopic (exact) mass is 365 g/mol. The van der Waals surface area contributed by atoms with Crippen LogP contribution >= 0.6 is 22.6 Å². The van der Waals surface area contributed by atoms with Crippen molar-refractivity contribution in [1.82, 2.24) is 9.82 Å². The molecule has 0 aliphatic rings. The van der Waals surface area contributed by atoms with Crippen molar-refractivity contribution in [3.05, 3.63) is 28.0 Å². The number of rotatable bonds is 2. The van der Waals surface area contributed by atoms with E-state index in [4.69, 9.17) is 5.84 Å². The van der Waals surface area contributed by atoms with E-state index in [1.807, 2.05) is 22.6 Å². The number of aromatic hydroxyl groups is 1. The van der Waals surface area contributed by atoms with Crippen LogP contribution in [-0.4, -0.2) is 18.5 Å². The fraction of sp³-hybridized carbons (Fsp3) is 0. The Morgan fingerprint density at radius 2 is 2.18 bits per heavy atom. The largest absolute Gasteiger partial charge is 0.505 e. The van der Waals surface area contributed by atoms with Gasteiger partial charge >= 0.3 is 0 Å². The van der Waals surface area contributed by atoms with Crippen LogP contribution in [0, 0.1) is 3.57 Å². The number of sulfonamides is 1. The van der Waals surface area contributed by atoms with Crippen LogP contribution in [0.25, 0.3) is 10.9 Å². The first-order valence-electron chi connectivity index (χ1n) is 4.46. The summed E-state index contributed by atoms with van der Waals surface area (Å²) in [6.45, 7) is 0. The highest BCUT2D eigenvalue weighted by Crippen LogP contribution is 2.32. The smallest absolute Gasteiger partial charge is 0.253 e. The Balaban J connectivity index is 2.96. The van der Waals surface area contributed by atoms with Crippen molar-refractivity contribution >= 4 is 43.5 Å². The van der Waals surface area contributed by atoms with Gasteiger partial charge in [0.25, 0.3) is 10.0 Å². The van der Waals surface area contributed by atoms with Crippen molar-refractivity contribution in [2.24, 2.45) is 5.84 Å². The normalized spacial score (nSPS) is 11.9. The maximum Gasteiger partial charge on any atom is 0.253 e. The third-order valence-electron chi connectivity index (χ3n) is 2.23. The molecule has 0 spiro atoms. The Hall–Kier alpha value is -0.970. The third kappa shape index (κ3) is 2.08. The summed E-state index contributed by atoms with van der Waals surface area (Å²) >= 11 is 1.83. The fourth-order valence-corrected chi connectivity index (χ4v) is 3.09. The quantitative estimate of drug-likeness (QED) is 0.413. The van der Waals surface area contributed by atoms with E-state index >= 15 is 0 Å². The van der Waals surface area contributed by atoms with Gasteiger partial charge in [-0.2, -0.15) is 4.83 Å². The van der Waals surface area contributed by atoms with Gasteiger partial charge in [-0.25, -0.2) is 8.42 Å². The lowest BCUT2D eigenvalue weighted by Gasteiger charge is -2.09. The molecule has 2 aromatic rings. The van der Waals surface area contributed by atoms with Crippen LogP contribution in [0.2, 0.25) is 0 Å². The molecule has 1 heterocycles. The first-order chi connectivity index (χ1) is 7.97. The lowest BCUT2D eigenvalue weighted by atomic mass is 10.2. The fourth-order valence-electron chi connectivity index (χ4n) is 1.45. The molecule has 90 valence electrons. The molecule has 0 atom stereocenters. The number of hydrazine groups is 1. The molecule has 0 saturated heterocycles. The zero-order valence-corrected chi connectivity index (χ0v) is 11.4. The van der Waals surface area contributed by atoms with Crippen LogP contribution in [0.5, 0.6) is 5.75 Å². The van der Waals surface area contributed by atoms with Gasteiger partial charge in [-0.15, -0.1) is 0 Å². The van der Waals surface area contributed by atoms with Crippen LogP contribution in [-0.2, 0) is 10.0 Å². The molecule has 0 radical (unpaired) electrons. The molecule has 1 aromatic heterocycles. The molecule has 1 aromatic carbocycles. The lowest BCUT2D eigenvalue weighted by molar-refractivity contribution is 0.476. The van der Waals surface area contributed by atoms with Crippen molar-refractivity contribution in [3.63, 3.8) is 0 Å². The summed E-state index contributed by atoms with van der Waals surface area (Å²) < 4.78 is 23.9. The van der Waals surface area contributed by atoms with Gasteiger partial charge in [0.2, 0.25) is 0 Å². The van der Waals surface area contributed by atoms with Gasteiger partial charge in [-0.3, -0.25) is 10.8 Å². The summed E-state index contributed by atoms with van der Waals surface area (Å²) in [7, 11) is -3.79. The van der Waals surface area contributed by atoms with Crippen molar-refractivity contribution < 1.29 is 13.5 Å².